The average molecular weight is 231 g/mol. The van der Waals surface area contributed by atoms with E-state index in [2.05, 4.69) is 0 Å². The number of methoxy groups -OCH3 is 1. The zero-order valence-corrected chi connectivity index (χ0v) is 10.4. The number of furan rings is 1. The second-order valence-electron chi connectivity index (χ2n) is 4.17. The van der Waals surface area contributed by atoms with Crippen molar-refractivity contribution in [3.63, 3.8) is 0 Å². The monoisotopic (exact) mass is 231 g/mol. The lowest BCUT2D eigenvalue weighted by molar-refractivity contribution is 0.401. The van der Waals surface area contributed by atoms with Crippen molar-refractivity contribution in [2.24, 2.45) is 5.73 Å². The summed E-state index contributed by atoms with van der Waals surface area (Å²) in [5, 5.41) is 0. The molecule has 3 heteroatoms. The molecule has 0 radical (unpaired) electrons. The van der Waals surface area contributed by atoms with Crippen molar-refractivity contribution in [1.82, 2.24) is 0 Å². The molecule has 0 aliphatic carbocycles. The summed E-state index contributed by atoms with van der Waals surface area (Å²) in [6, 6.07) is 9.49. The largest absolute Gasteiger partial charge is 0.496 e. The fraction of sp³-hybridized carbons (Fsp3) is 0.286. The van der Waals surface area contributed by atoms with Gasteiger partial charge in [0.05, 0.1) is 13.2 Å². The van der Waals surface area contributed by atoms with E-state index in [0.717, 1.165) is 28.4 Å². The maximum atomic E-state index is 6.20. The van der Waals surface area contributed by atoms with Gasteiger partial charge in [-0.2, -0.15) is 0 Å². The van der Waals surface area contributed by atoms with Gasteiger partial charge in [-0.25, -0.2) is 0 Å². The number of aryl methyl sites for hydroxylation is 2. The first-order valence-corrected chi connectivity index (χ1v) is 5.58. The normalized spacial score (nSPS) is 12.5. The lowest BCUT2D eigenvalue weighted by Crippen LogP contribution is -2.12. The smallest absolute Gasteiger partial charge is 0.125 e. The number of rotatable bonds is 3. The van der Waals surface area contributed by atoms with Crippen LogP contribution in [0.5, 0.6) is 5.75 Å². The molecule has 1 aromatic heterocycles. The average Bonchev–Trinajstić information content (AvgIpc) is 2.75. The Kier molecular flexibility index (Phi) is 3.20. The Bertz CT molecular complexity index is 517. The molecule has 17 heavy (non-hydrogen) atoms. The molecule has 1 aromatic carbocycles. The van der Waals surface area contributed by atoms with Gasteiger partial charge in [-0.1, -0.05) is 17.7 Å². The highest BCUT2D eigenvalue weighted by Gasteiger charge is 2.17. The minimum atomic E-state index is -0.293. The Morgan fingerprint density at radius 2 is 1.94 bits per heavy atom. The Morgan fingerprint density at radius 1 is 1.18 bits per heavy atom. The van der Waals surface area contributed by atoms with E-state index in [1.807, 2.05) is 44.2 Å². The first-order valence-electron chi connectivity index (χ1n) is 5.58. The topological polar surface area (TPSA) is 48.4 Å². The van der Waals surface area contributed by atoms with Crippen LogP contribution < -0.4 is 10.5 Å². The zero-order valence-electron chi connectivity index (χ0n) is 10.4. The molecule has 0 fully saturated rings. The van der Waals surface area contributed by atoms with E-state index in [1.54, 1.807) is 7.11 Å². The van der Waals surface area contributed by atoms with Gasteiger partial charge in [0.25, 0.3) is 0 Å². The summed E-state index contributed by atoms with van der Waals surface area (Å²) in [4.78, 5) is 0. The van der Waals surface area contributed by atoms with Gasteiger partial charge >= 0.3 is 0 Å². The van der Waals surface area contributed by atoms with Gasteiger partial charge in [-0.05, 0) is 32.0 Å². The van der Waals surface area contributed by atoms with Crippen molar-refractivity contribution in [2.75, 3.05) is 7.11 Å². The lowest BCUT2D eigenvalue weighted by atomic mass is 10.0. The molecular weight excluding hydrogens is 214 g/mol. The lowest BCUT2D eigenvalue weighted by Gasteiger charge is -2.14. The van der Waals surface area contributed by atoms with Crippen LogP contribution in [0.1, 0.15) is 28.7 Å². The Labute approximate surface area is 101 Å². The van der Waals surface area contributed by atoms with Gasteiger partial charge in [0.1, 0.15) is 17.3 Å². The molecule has 0 aliphatic rings. The van der Waals surface area contributed by atoms with Crippen LogP contribution in [-0.4, -0.2) is 7.11 Å². The number of hydrogen-bond acceptors (Lipinski definition) is 3. The van der Waals surface area contributed by atoms with Crippen molar-refractivity contribution >= 4 is 0 Å². The molecule has 2 N–H and O–H groups in total. The van der Waals surface area contributed by atoms with E-state index in [4.69, 9.17) is 14.9 Å². The third kappa shape index (κ3) is 2.34. The van der Waals surface area contributed by atoms with Crippen LogP contribution >= 0.6 is 0 Å². The highest BCUT2D eigenvalue weighted by molar-refractivity contribution is 5.41. The Hall–Kier alpha value is -1.74. The van der Waals surface area contributed by atoms with Gasteiger partial charge in [0, 0.05) is 5.56 Å². The summed E-state index contributed by atoms with van der Waals surface area (Å²) in [7, 11) is 1.65. The van der Waals surface area contributed by atoms with Gasteiger partial charge in [-0.3, -0.25) is 0 Å². The summed E-state index contributed by atoms with van der Waals surface area (Å²) >= 11 is 0. The third-order valence-corrected chi connectivity index (χ3v) is 2.79. The minimum Gasteiger partial charge on any atom is -0.496 e. The molecule has 0 aliphatic heterocycles. The molecule has 1 atom stereocenters. The molecular formula is C14H17NO2. The predicted molar refractivity (Wildman–Crippen MR) is 67.2 cm³/mol. The molecule has 0 saturated carbocycles. The molecule has 1 unspecified atom stereocenters. The number of hydrogen-bond donors (Lipinski definition) is 1. The fourth-order valence-corrected chi connectivity index (χ4v) is 1.87. The van der Waals surface area contributed by atoms with Crippen LogP contribution in [-0.2, 0) is 0 Å². The van der Waals surface area contributed by atoms with Crippen molar-refractivity contribution in [3.8, 4) is 5.75 Å². The Morgan fingerprint density at radius 3 is 2.53 bits per heavy atom. The van der Waals surface area contributed by atoms with Crippen LogP contribution in [0.4, 0.5) is 0 Å². The molecule has 0 bridgehead atoms. The van der Waals surface area contributed by atoms with Crippen molar-refractivity contribution < 1.29 is 9.15 Å². The molecule has 3 nitrogen and oxygen atoms in total. The summed E-state index contributed by atoms with van der Waals surface area (Å²) in [6.45, 7) is 3.94. The van der Waals surface area contributed by atoms with E-state index in [9.17, 15) is 0 Å². The van der Waals surface area contributed by atoms with Crippen LogP contribution in [0.25, 0.3) is 0 Å². The standard InChI is InChI=1S/C14H17NO2/c1-9-4-6-12(16-3)11(8-9)14(15)13-7-5-10(2)17-13/h4-8,14H,15H2,1-3H3. The van der Waals surface area contributed by atoms with Crippen LogP contribution in [0.15, 0.2) is 34.7 Å². The molecule has 0 spiro atoms. The van der Waals surface area contributed by atoms with E-state index in [1.165, 1.54) is 0 Å². The van der Waals surface area contributed by atoms with Crippen LogP contribution in [0.2, 0.25) is 0 Å². The fourth-order valence-electron chi connectivity index (χ4n) is 1.87. The van der Waals surface area contributed by atoms with Crippen LogP contribution in [0, 0.1) is 13.8 Å². The van der Waals surface area contributed by atoms with Gasteiger partial charge in [0.15, 0.2) is 0 Å². The quantitative estimate of drug-likeness (QED) is 0.883. The predicted octanol–water partition coefficient (Wildman–Crippen LogP) is 2.95. The molecule has 90 valence electrons. The number of benzene rings is 1. The molecule has 1 heterocycles. The van der Waals surface area contributed by atoms with E-state index in [-0.39, 0.29) is 6.04 Å². The first kappa shape index (κ1) is 11.7. The number of nitrogens with two attached hydrogens (primary N) is 1. The van der Waals surface area contributed by atoms with Gasteiger partial charge < -0.3 is 14.9 Å². The Balaban J connectivity index is 2.42. The second kappa shape index (κ2) is 4.63. The van der Waals surface area contributed by atoms with Crippen molar-refractivity contribution in [3.05, 3.63) is 53.0 Å². The second-order valence-corrected chi connectivity index (χ2v) is 4.17. The van der Waals surface area contributed by atoms with Crippen LogP contribution in [0.3, 0.4) is 0 Å². The first-order chi connectivity index (χ1) is 8.11. The maximum Gasteiger partial charge on any atom is 0.125 e. The number of ether oxygens (including phenoxy) is 1. The third-order valence-electron chi connectivity index (χ3n) is 2.79. The highest BCUT2D eigenvalue weighted by atomic mass is 16.5. The highest BCUT2D eigenvalue weighted by Crippen LogP contribution is 2.29. The molecule has 2 rings (SSSR count). The summed E-state index contributed by atoms with van der Waals surface area (Å²) in [5.41, 5.74) is 8.30. The molecule has 2 aromatic rings. The maximum absolute atomic E-state index is 6.20. The summed E-state index contributed by atoms with van der Waals surface area (Å²) in [6.07, 6.45) is 0. The van der Waals surface area contributed by atoms with Gasteiger partial charge in [-0.15, -0.1) is 0 Å². The van der Waals surface area contributed by atoms with E-state index in [0.29, 0.717) is 0 Å². The summed E-state index contributed by atoms with van der Waals surface area (Å²) < 4.78 is 10.9. The van der Waals surface area contributed by atoms with E-state index < -0.39 is 0 Å². The minimum absolute atomic E-state index is 0.293. The van der Waals surface area contributed by atoms with E-state index >= 15 is 0 Å². The van der Waals surface area contributed by atoms with Gasteiger partial charge in [0.2, 0.25) is 0 Å². The summed E-state index contributed by atoms with van der Waals surface area (Å²) in [5.74, 6) is 2.41. The van der Waals surface area contributed by atoms with Crippen molar-refractivity contribution in [2.45, 2.75) is 19.9 Å². The zero-order chi connectivity index (χ0) is 12.4. The van der Waals surface area contributed by atoms with Crippen molar-refractivity contribution in [1.29, 1.82) is 0 Å². The molecule has 0 amide bonds. The SMILES string of the molecule is COc1ccc(C)cc1C(N)c1ccc(C)o1. The molecule has 0 saturated heterocycles.